The molecule has 0 unspecified atom stereocenters. The zero-order valence-electron chi connectivity index (χ0n) is 9.82. The van der Waals surface area contributed by atoms with Crippen LogP contribution in [0.5, 0.6) is 5.75 Å². The number of rotatable bonds is 3. The van der Waals surface area contributed by atoms with Gasteiger partial charge < -0.3 is 9.84 Å². The minimum atomic E-state index is -1.06. The lowest BCUT2D eigenvalue weighted by Gasteiger charge is -2.08. The molecule has 94 valence electrons. The highest BCUT2D eigenvalue weighted by Gasteiger charge is 2.12. The Kier molecular flexibility index (Phi) is 3.25. The lowest BCUT2D eigenvalue weighted by Crippen LogP contribution is -1.95. The van der Waals surface area contributed by atoms with Gasteiger partial charge in [-0.05, 0) is 25.1 Å². The second-order valence-electron chi connectivity index (χ2n) is 3.76. The van der Waals surface area contributed by atoms with E-state index in [1.807, 2.05) is 6.92 Å². The van der Waals surface area contributed by atoms with Crippen molar-refractivity contribution < 1.29 is 14.6 Å². The lowest BCUT2D eigenvalue weighted by molar-refractivity contribution is 0.0690. The highest BCUT2D eigenvalue weighted by molar-refractivity contribution is 6.31. The predicted molar refractivity (Wildman–Crippen MR) is 67.3 cm³/mol. The van der Waals surface area contributed by atoms with E-state index >= 15 is 0 Å². The summed E-state index contributed by atoms with van der Waals surface area (Å²) in [4.78, 5) is 10.8. The summed E-state index contributed by atoms with van der Waals surface area (Å²) in [5, 5.41) is 15.7. The summed E-state index contributed by atoms with van der Waals surface area (Å²) >= 11 is 6.08. The first-order valence-corrected chi connectivity index (χ1v) is 5.54. The van der Waals surface area contributed by atoms with Crippen LogP contribution in [-0.2, 0) is 0 Å². The number of carboxylic acid groups (broad SMARTS) is 1. The molecule has 1 aromatic carbocycles. The molecule has 0 aliphatic rings. The Morgan fingerprint density at radius 2 is 2.17 bits per heavy atom. The molecule has 2 rings (SSSR count). The van der Waals surface area contributed by atoms with Crippen molar-refractivity contribution in [2.24, 2.45) is 0 Å². The van der Waals surface area contributed by atoms with Gasteiger partial charge in [-0.25, -0.2) is 4.79 Å². The number of carboxylic acids is 1. The Hall–Kier alpha value is -2.01. The Morgan fingerprint density at radius 3 is 2.72 bits per heavy atom. The number of hydrogen-bond donors (Lipinski definition) is 2. The number of halogens is 1. The van der Waals surface area contributed by atoms with E-state index in [2.05, 4.69) is 10.2 Å². The van der Waals surface area contributed by atoms with Crippen LogP contribution in [0.25, 0.3) is 11.3 Å². The number of nitrogens with zero attached hydrogens (tertiary/aromatic N) is 1. The van der Waals surface area contributed by atoms with Gasteiger partial charge >= 0.3 is 5.97 Å². The third kappa shape index (κ3) is 2.17. The molecule has 5 nitrogen and oxygen atoms in total. The summed E-state index contributed by atoms with van der Waals surface area (Å²) in [6.07, 6.45) is 0. The first-order valence-electron chi connectivity index (χ1n) is 5.16. The molecule has 0 saturated carbocycles. The number of hydrogen-bond acceptors (Lipinski definition) is 3. The lowest BCUT2D eigenvalue weighted by atomic mass is 10.1. The van der Waals surface area contributed by atoms with Crippen LogP contribution >= 0.6 is 11.6 Å². The van der Waals surface area contributed by atoms with E-state index in [1.54, 1.807) is 19.2 Å². The fourth-order valence-corrected chi connectivity index (χ4v) is 1.80. The van der Waals surface area contributed by atoms with Gasteiger partial charge in [0.2, 0.25) is 0 Å². The van der Waals surface area contributed by atoms with Crippen LogP contribution in [0, 0.1) is 6.92 Å². The molecule has 0 saturated heterocycles. The van der Waals surface area contributed by atoms with Gasteiger partial charge in [-0.15, -0.1) is 0 Å². The van der Waals surface area contributed by atoms with E-state index in [0.717, 1.165) is 5.56 Å². The van der Waals surface area contributed by atoms with Crippen molar-refractivity contribution in [3.63, 3.8) is 0 Å². The van der Waals surface area contributed by atoms with E-state index in [4.69, 9.17) is 21.4 Å². The van der Waals surface area contributed by atoms with Crippen molar-refractivity contribution in [3.8, 4) is 17.0 Å². The van der Waals surface area contributed by atoms with Crippen molar-refractivity contribution in [1.29, 1.82) is 0 Å². The zero-order chi connectivity index (χ0) is 13.3. The largest absolute Gasteiger partial charge is 0.496 e. The third-order valence-electron chi connectivity index (χ3n) is 2.62. The zero-order valence-corrected chi connectivity index (χ0v) is 10.6. The van der Waals surface area contributed by atoms with Crippen LogP contribution < -0.4 is 4.74 Å². The van der Waals surface area contributed by atoms with Crippen LogP contribution in [0.3, 0.4) is 0 Å². The summed E-state index contributed by atoms with van der Waals surface area (Å²) in [7, 11) is 1.55. The van der Waals surface area contributed by atoms with E-state index in [9.17, 15) is 4.79 Å². The third-order valence-corrected chi connectivity index (χ3v) is 3.01. The monoisotopic (exact) mass is 266 g/mol. The van der Waals surface area contributed by atoms with Crippen LogP contribution in [0.1, 0.15) is 16.1 Å². The van der Waals surface area contributed by atoms with Gasteiger partial charge in [0, 0.05) is 16.1 Å². The van der Waals surface area contributed by atoms with Gasteiger partial charge in [0.15, 0.2) is 0 Å². The molecule has 0 spiro atoms. The van der Waals surface area contributed by atoms with E-state index < -0.39 is 5.97 Å². The summed E-state index contributed by atoms with van der Waals surface area (Å²) in [5.41, 5.74) is 2.07. The number of benzene rings is 1. The Bertz CT molecular complexity index is 607. The summed E-state index contributed by atoms with van der Waals surface area (Å²) in [6, 6.07) is 4.94. The van der Waals surface area contributed by atoms with Gasteiger partial charge in [-0.3, -0.25) is 5.10 Å². The number of methoxy groups -OCH3 is 1. The number of carbonyl (C=O) groups is 1. The Morgan fingerprint density at radius 1 is 1.44 bits per heavy atom. The van der Waals surface area contributed by atoms with Crippen molar-refractivity contribution in [1.82, 2.24) is 10.2 Å². The van der Waals surface area contributed by atoms with Crippen molar-refractivity contribution in [2.45, 2.75) is 6.92 Å². The fraction of sp³-hybridized carbons (Fsp3) is 0.167. The Labute approximate surface area is 108 Å². The molecule has 2 N–H and O–H groups in total. The number of aromatic amines is 1. The molecule has 1 aromatic heterocycles. The second-order valence-corrected chi connectivity index (χ2v) is 4.16. The molecule has 1 heterocycles. The predicted octanol–water partition coefficient (Wildman–Crippen LogP) is 2.75. The number of nitrogens with one attached hydrogen (secondary N) is 1. The van der Waals surface area contributed by atoms with Gasteiger partial charge in [0.05, 0.1) is 12.8 Å². The molecule has 0 bridgehead atoms. The number of aromatic carboxylic acids is 1. The molecule has 0 atom stereocenters. The quantitative estimate of drug-likeness (QED) is 0.896. The number of ether oxygens (including phenoxy) is 1. The van der Waals surface area contributed by atoms with Crippen LogP contribution in [0.2, 0.25) is 5.02 Å². The average Bonchev–Trinajstić information content (AvgIpc) is 2.82. The maximum absolute atomic E-state index is 10.8. The maximum Gasteiger partial charge on any atom is 0.353 e. The van der Waals surface area contributed by atoms with Gasteiger partial charge in [0.25, 0.3) is 0 Å². The van der Waals surface area contributed by atoms with E-state index in [0.29, 0.717) is 22.0 Å². The van der Waals surface area contributed by atoms with Gasteiger partial charge in [-0.1, -0.05) is 11.6 Å². The first kappa shape index (κ1) is 12.4. The minimum absolute atomic E-state index is 0.0284. The number of aromatic nitrogens is 2. The van der Waals surface area contributed by atoms with Crippen molar-refractivity contribution >= 4 is 17.6 Å². The molecule has 0 amide bonds. The second kappa shape index (κ2) is 4.70. The Balaban J connectivity index is 2.50. The molecule has 0 radical (unpaired) electrons. The minimum Gasteiger partial charge on any atom is -0.496 e. The summed E-state index contributed by atoms with van der Waals surface area (Å²) < 4.78 is 5.20. The molecule has 0 aliphatic heterocycles. The first-order chi connectivity index (χ1) is 8.52. The van der Waals surface area contributed by atoms with Crippen molar-refractivity contribution in [3.05, 3.63) is 34.5 Å². The molecule has 0 aliphatic carbocycles. The van der Waals surface area contributed by atoms with Crippen LogP contribution in [0.15, 0.2) is 18.2 Å². The summed E-state index contributed by atoms with van der Waals surface area (Å²) in [6.45, 7) is 1.85. The fourth-order valence-electron chi connectivity index (χ4n) is 1.59. The van der Waals surface area contributed by atoms with Gasteiger partial charge in [-0.2, -0.15) is 5.10 Å². The van der Waals surface area contributed by atoms with Crippen molar-refractivity contribution in [2.75, 3.05) is 7.11 Å². The molecule has 18 heavy (non-hydrogen) atoms. The standard InChI is InChI=1S/C12H11ClN2O3/c1-6-8(13)3-7(4-11(6)18-2)9-5-10(12(16)17)15-14-9/h3-5H,1-2H3,(H,14,15)(H,16,17). The maximum atomic E-state index is 10.8. The highest BCUT2D eigenvalue weighted by Crippen LogP contribution is 2.32. The molecule has 0 fully saturated rings. The molecular formula is C12H11ClN2O3. The SMILES string of the molecule is COc1cc(-c2cc(C(=O)O)[nH]n2)cc(Cl)c1C. The molecule has 2 aromatic rings. The topological polar surface area (TPSA) is 75.2 Å². The van der Waals surface area contributed by atoms with Crippen LogP contribution in [0.4, 0.5) is 0 Å². The van der Waals surface area contributed by atoms with Crippen LogP contribution in [-0.4, -0.2) is 28.4 Å². The van der Waals surface area contributed by atoms with Gasteiger partial charge in [0.1, 0.15) is 11.4 Å². The molecule has 6 heteroatoms. The summed E-state index contributed by atoms with van der Waals surface area (Å²) in [5.74, 6) is -0.420. The van der Waals surface area contributed by atoms with E-state index in [-0.39, 0.29) is 5.69 Å². The highest BCUT2D eigenvalue weighted by atomic mass is 35.5. The van der Waals surface area contributed by atoms with E-state index in [1.165, 1.54) is 6.07 Å². The average molecular weight is 267 g/mol. The normalized spacial score (nSPS) is 10.4. The molecular weight excluding hydrogens is 256 g/mol. The number of H-pyrrole nitrogens is 1. The smallest absolute Gasteiger partial charge is 0.353 e.